The molecule has 0 amide bonds. The molecule has 0 saturated carbocycles. The van der Waals surface area contributed by atoms with Crippen molar-refractivity contribution in [3.63, 3.8) is 0 Å². The lowest BCUT2D eigenvalue weighted by atomic mass is 10.1. The van der Waals surface area contributed by atoms with Gasteiger partial charge in [-0.1, -0.05) is 12.1 Å². The Kier molecular flexibility index (Phi) is 2.90. The van der Waals surface area contributed by atoms with Crippen LogP contribution in [0.4, 0.5) is 4.39 Å². The van der Waals surface area contributed by atoms with E-state index in [-0.39, 0.29) is 17.6 Å². The van der Waals surface area contributed by atoms with Gasteiger partial charge >= 0.3 is 0 Å². The van der Waals surface area contributed by atoms with Crippen molar-refractivity contribution < 1.29 is 4.39 Å². The third-order valence-corrected chi connectivity index (χ3v) is 2.49. The molecule has 86 valence electrons. The molecule has 4 nitrogen and oxygen atoms in total. The molecule has 0 bridgehead atoms. The van der Waals surface area contributed by atoms with E-state index in [1.54, 1.807) is 25.3 Å². The Morgan fingerprint density at radius 1 is 1.53 bits per heavy atom. The fraction of sp³-hybridized carbons (Fsp3) is 0.167. The minimum atomic E-state index is -0.422. The summed E-state index contributed by atoms with van der Waals surface area (Å²) in [5, 5.41) is 8.90. The Bertz CT molecular complexity index is 580. The Labute approximate surface area is 98.1 Å². The maximum atomic E-state index is 13.9. The zero-order valence-corrected chi connectivity index (χ0v) is 9.26. The van der Waals surface area contributed by atoms with Gasteiger partial charge in [-0.05, 0) is 18.6 Å². The highest BCUT2D eigenvalue weighted by Gasteiger charge is 2.15. The van der Waals surface area contributed by atoms with E-state index in [0.717, 1.165) is 0 Å². The van der Waals surface area contributed by atoms with Crippen LogP contribution in [0.15, 0.2) is 30.6 Å². The molecule has 0 aliphatic carbocycles. The molecule has 2 N–H and O–H groups in total. The van der Waals surface area contributed by atoms with Crippen LogP contribution in [0, 0.1) is 17.1 Å². The first kappa shape index (κ1) is 11.3. The number of nitriles is 1. The molecular formula is C12H11FN4. The Morgan fingerprint density at radius 2 is 2.29 bits per heavy atom. The van der Waals surface area contributed by atoms with Crippen molar-refractivity contribution in [3.05, 3.63) is 47.8 Å². The Balaban J connectivity index is 2.71. The van der Waals surface area contributed by atoms with Crippen LogP contribution in [0.2, 0.25) is 0 Å². The van der Waals surface area contributed by atoms with Crippen molar-refractivity contribution in [3.8, 4) is 11.8 Å². The van der Waals surface area contributed by atoms with Gasteiger partial charge in [0.05, 0.1) is 5.69 Å². The normalized spacial score (nSPS) is 12.1. The van der Waals surface area contributed by atoms with E-state index in [1.807, 2.05) is 6.07 Å². The standard InChI is InChI=1S/C12H11FN4/c1-8(15)9-3-2-4-10(13)12(9)17-6-5-16-11(17)7-14/h2-6,8H,15H2,1H3/t8-/m1/s1. The second-order valence-electron chi connectivity index (χ2n) is 3.70. The van der Waals surface area contributed by atoms with Crippen molar-refractivity contribution in [2.45, 2.75) is 13.0 Å². The van der Waals surface area contributed by atoms with Gasteiger partial charge in [-0.2, -0.15) is 5.26 Å². The predicted octanol–water partition coefficient (Wildman–Crippen LogP) is 1.90. The number of para-hydroxylation sites is 1. The molecule has 5 heteroatoms. The van der Waals surface area contributed by atoms with Gasteiger partial charge in [0.1, 0.15) is 11.9 Å². The van der Waals surface area contributed by atoms with Crippen LogP contribution in [0.3, 0.4) is 0 Å². The quantitative estimate of drug-likeness (QED) is 0.856. The summed E-state index contributed by atoms with van der Waals surface area (Å²) in [6.45, 7) is 1.77. The van der Waals surface area contributed by atoms with Crippen molar-refractivity contribution in [1.29, 1.82) is 5.26 Å². The molecule has 1 heterocycles. The summed E-state index contributed by atoms with van der Waals surface area (Å²) in [6.07, 6.45) is 3.00. The highest BCUT2D eigenvalue weighted by molar-refractivity contribution is 5.46. The highest BCUT2D eigenvalue weighted by Crippen LogP contribution is 2.24. The molecule has 1 atom stereocenters. The number of benzene rings is 1. The van der Waals surface area contributed by atoms with Gasteiger partial charge in [0, 0.05) is 18.4 Å². The van der Waals surface area contributed by atoms with E-state index < -0.39 is 5.82 Å². The second-order valence-corrected chi connectivity index (χ2v) is 3.70. The Morgan fingerprint density at radius 3 is 2.94 bits per heavy atom. The molecule has 0 radical (unpaired) electrons. The maximum absolute atomic E-state index is 13.9. The summed E-state index contributed by atoms with van der Waals surface area (Å²) in [5.41, 5.74) is 6.72. The van der Waals surface area contributed by atoms with Crippen molar-refractivity contribution >= 4 is 0 Å². The van der Waals surface area contributed by atoms with Crippen LogP contribution in [-0.2, 0) is 0 Å². The molecule has 1 aromatic heterocycles. The summed E-state index contributed by atoms with van der Waals surface area (Å²) >= 11 is 0. The number of hydrogen-bond acceptors (Lipinski definition) is 3. The molecule has 2 aromatic rings. The molecule has 1 aromatic carbocycles. The van der Waals surface area contributed by atoms with E-state index >= 15 is 0 Å². The van der Waals surface area contributed by atoms with Gasteiger partial charge in [-0.15, -0.1) is 0 Å². The van der Waals surface area contributed by atoms with Gasteiger partial charge in [0.2, 0.25) is 5.82 Å². The highest BCUT2D eigenvalue weighted by atomic mass is 19.1. The van der Waals surface area contributed by atoms with Crippen LogP contribution >= 0.6 is 0 Å². The van der Waals surface area contributed by atoms with Crippen LogP contribution < -0.4 is 5.73 Å². The van der Waals surface area contributed by atoms with E-state index in [9.17, 15) is 4.39 Å². The minimum Gasteiger partial charge on any atom is -0.324 e. The number of nitrogens with two attached hydrogens (primary N) is 1. The smallest absolute Gasteiger partial charge is 0.217 e. The zero-order valence-electron chi connectivity index (χ0n) is 9.26. The topological polar surface area (TPSA) is 67.6 Å². The second kappa shape index (κ2) is 4.36. The number of rotatable bonds is 2. The van der Waals surface area contributed by atoms with Gasteiger partial charge in [-0.3, -0.25) is 4.57 Å². The molecule has 0 aliphatic heterocycles. The molecule has 0 unspecified atom stereocenters. The first-order valence-electron chi connectivity index (χ1n) is 5.13. The number of nitrogens with zero attached hydrogens (tertiary/aromatic N) is 3. The maximum Gasteiger partial charge on any atom is 0.217 e. The third kappa shape index (κ3) is 1.90. The molecule has 2 rings (SSSR count). The van der Waals surface area contributed by atoms with Crippen molar-refractivity contribution in [2.75, 3.05) is 0 Å². The van der Waals surface area contributed by atoms with Crippen LogP contribution in [0.5, 0.6) is 0 Å². The fourth-order valence-electron chi connectivity index (χ4n) is 1.72. The first-order chi connectivity index (χ1) is 8.15. The summed E-state index contributed by atoms with van der Waals surface area (Å²) in [6, 6.07) is 6.26. The van der Waals surface area contributed by atoms with Crippen LogP contribution in [-0.4, -0.2) is 9.55 Å². The van der Waals surface area contributed by atoms with E-state index in [0.29, 0.717) is 5.56 Å². The predicted molar refractivity (Wildman–Crippen MR) is 60.8 cm³/mol. The summed E-state index contributed by atoms with van der Waals surface area (Å²) < 4.78 is 15.3. The lowest BCUT2D eigenvalue weighted by Crippen LogP contribution is -2.12. The average Bonchev–Trinajstić information content (AvgIpc) is 2.76. The summed E-state index contributed by atoms with van der Waals surface area (Å²) in [4.78, 5) is 3.85. The number of hydrogen-bond donors (Lipinski definition) is 1. The summed E-state index contributed by atoms with van der Waals surface area (Å²) in [7, 11) is 0. The molecule has 0 saturated heterocycles. The average molecular weight is 230 g/mol. The third-order valence-electron chi connectivity index (χ3n) is 2.49. The zero-order chi connectivity index (χ0) is 12.4. The molecular weight excluding hydrogens is 219 g/mol. The van der Waals surface area contributed by atoms with E-state index in [4.69, 9.17) is 11.0 Å². The minimum absolute atomic E-state index is 0.136. The molecule has 17 heavy (non-hydrogen) atoms. The summed E-state index contributed by atoms with van der Waals surface area (Å²) in [5.74, 6) is -0.286. The van der Waals surface area contributed by atoms with Crippen LogP contribution in [0.25, 0.3) is 5.69 Å². The van der Waals surface area contributed by atoms with E-state index in [2.05, 4.69) is 4.98 Å². The Hall–Kier alpha value is -2.19. The first-order valence-corrected chi connectivity index (χ1v) is 5.13. The molecule has 0 fully saturated rings. The van der Waals surface area contributed by atoms with Crippen molar-refractivity contribution in [1.82, 2.24) is 9.55 Å². The number of imidazole rings is 1. The van der Waals surface area contributed by atoms with Gasteiger partial charge < -0.3 is 5.73 Å². The molecule has 0 aliphatic rings. The monoisotopic (exact) mass is 230 g/mol. The lowest BCUT2D eigenvalue weighted by molar-refractivity contribution is 0.610. The number of halogens is 1. The molecule has 0 spiro atoms. The van der Waals surface area contributed by atoms with Gasteiger partial charge in [0.25, 0.3) is 0 Å². The van der Waals surface area contributed by atoms with E-state index in [1.165, 1.54) is 16.8 Å². The van der Waals surface area contributed by atoms with Gasteiger partial charge in [0.15, 0.2) is 0 Å². The fourth-order valence-corrected chi connectivity index (χ4v) is 1.72. The lowest BCUT2D eigenvalue weighted by Gasteiger charge is -2.14. The van der Waals surface area contributed by atoms with Crippen molar-refractivity contribution in [2.24, 2.45) is 5.73 Å². The van der Waals surface area contributed by atoms with Crippen LogP contribution in [0.1, 0.15) is 24.4 Å². The van der Waals surface area contributed by atoms with Gasteiger partial charge in [-0.25, -0.2) is 9.37 Å². The largest absolute Gasteiger partial charge is 0.324 e. The SMILES string of the molecule is C[C@@H](N)c1cccc(F)c1-n1ccnc1C#N. The number of aromatic nitrogens is 2.